The Kier molecular flexibility index (Phi) is 3.66. The van der Waals surface area contributed by atoms with E-state index in [9.17, 15) is 9.90 Å². The van der Waals surface area contributed by atoms with Crippen LogP contribution in [0.15, 0.2) is 28.9 Å². The van der Waals surface area contributed by atoms with Crippen LogP contribution in [-0.2, 0) is 0 Å². The summed E-state index contributed by atoms with van der Waals surface area (Å²) in [4.78, 5) is 16.3. The highest BCUT2D eigenvalue weighted by Gasteiger charge is 2.19. The van der Waals surface area contributed by atoms with E-state index >= 15 is 0 Å². The minimum absolute atomic E-state index is 0.0200. The molecule has 0 bridgehead atoms. The number of carbonyl (C=O) groups is 1. The van der Waals surface area contributed by atoms with Gasteiger partial charge in [0, 0.05) is 22.0 Å². The van der Waals surface area contributed by atoms with Gasteiger partial charge in [-0.15, -0.1) is 0 Å². The highest BCUT2D eigenvalue weighted by molar-refractivity contribution is 9.10. The number of hydrogen-bond acceptors (Lipinski definition) is 3. The molecule has 0 aliphatic carbocycles. The summed E-state index contributed by atoms with van der Waals surface area (Å²) < 4.78 is 0.847. The second kappa shape index (κ2) is 5.06. The largest absolute Gasteiger partial charge is 0.506 e. The zero-order valence-corrected chi connectivity index (χ0v) is 11.9. The fourth-order valence-electron chi connectivity index (χ4n) is 1.78. The van der Waals surface area contributed by atoms with Crippen molar-refractivity contribution in [1.29, 1.82) is 0 Å². The van der Waals surface area contributed by atoms with Gasteiger partial charge in [-0.3, -0.25) is 9.78 Å². The first-order chi connectivity index (χ1) is 8.54. The molecule has 2 aromatic rings. The number of carbonyl (C=O) groups excluding carboxylic acids is 1. The van der Waals surface area contributed by atoms with E-state index in [-0.39, 0.29) is 17.5 Å². The Labute approximate surface area is 114 Å². The molecule has 4 heteroatoms. The molecule has 0 aliphatic rings. The molecule has 1 aromatic heterocycles. The van der Waals surface area contributed by atoms with E-state index in [2.05, 4.69) is 20.9 Å². The van der Waals surface area contributed by atoms with E-state index < -0.39 is 0 Å². The van der Waals surface area contributed by atoms with E-state index in [4.69, 9.17) is 0 Å². The lowest BCUT2D eigenvalue weighted by Gasteiger charge is -2.10. The van der Waals surface area contributed by atoms with Gasteiger partial charge < -0.3 is 5.11 Å². The Balaban J connectivity index is 2.60. The van der Waals surface area contributed by atoms with Gasteiger partial charge in [0.05, 0.1) is 11.1 Å². The van der Waals surface area contributed by atoms with Crippen LogP contribution in [0.25, 0.3) is 10.9 Å². The Morgan fingerprint density at radius 2 is 2.22 bits per heavy atom. The lowest BCUT2D eigenvalue weighted by Crippen LogP contribution is -2.10. The van der Waals surface area contributed by atoms with Gasteiger partial charge >= 0.3 is 0 Å². The SMILES string of the molecule is CCC(C)C(=O)c1cnc2ccc(Br)cc2c1O. The molecule has 1 atom stereocenters. The molecular weight excluding hydrogens is 294 g/mol. The molecule has 1 heterocycles. The predicted octanol–water partition coefficient (Wildman–Crippen LogP) is 3.93. The van der Waals surface area contributed by atoms with E-state index in [1.54, 1.807) is 12.1 Å². The van der Waals surface area contributed by atoms with E-state index in [1.165, 1.54) is 6.20 Å². The van der Waals surface area contributed by atoms with Crippen LogP contribution in [0.2, 0.25) is 0 Å². The molecule has 1 unspecified atom stereocenters. The normalized spacial score (nSPS) is 12.6. The molecule has 0 fully saturated rings. The van der Waals surface area contributed by atoms with Gasteiger partial charge in [0.2, 0.25) is 0 Å². The number of Topliss-reactive ketones (excluding diaryl/α,β-unsaturated/α-hetero) is 1. The first kappa shape index (κ1) is 13.0. The molecule has 0 aliphatic heterocycles. The van der Waals surface area contributed by atoms with Crippen molar-refractivity contribution in [1.82, 2.24) is 4.98 Å². The summed E-state index contributed by atoms with van der Waals surface area (Å²) in [5.41, 5.74) is 0.978. The third kappa shape index (κ3) is 2.25. The van der Waals surface area contributed by atoms with E-state index in [1.807, 2.05) is 19.9 Å². The number of aromatic hydroxyl groups is 1. The van der Waals surface area contributed by atoms with Crippen molar-refractivity contribution in [2.24, 2.45) is 5.92 Å². The molecule has 3 nitrogen and oxygen atoms in total. The highest BCUT2D eigenvalue weighted by Crippen LogP contribution is 2.31. The second-order valence-corrected chi connectivity index (χ2v) is 5.27. The summed E-state index contributed by atoms with van der Waals surface area (Å²) in [5.74, 6) is -0.154. The number of benzene rings is 1. The van der Waals surface area contributed by atoms with Crippen LogP contribution in [0.5, 0.6) is 5.75 Å². The molecule has 0 spiro atoms. The number of nitrogens with zero attached hydrogens (tertiary/aromatic N) is 1. The number of rotatable bonds is 3. The van der Waals surface area contributed by atoms with Crippen molar-refractivity contribution in [3.63, 3.8) is 0 Å². The van der Waals surface area contributed by atoms with Crippen molar-refractivity contribution in [2.45, 2.75) is 20.3 Å². The number of ketones is 1. The number of halogens is 1. The fraction of sp³-hybridized carbons (Fsp3) is 0.286. The van der Waals surface area contributed by atoms with Gasteiger partial charge in [0.1, 0.15) is 5.75 Å². The van der Waals surface area contributed by atoms with Crippen molar-refractivity contribution in [2.75, 3.05) is 0 Å². The summed E-state index contributed by atoms with van der Waals surface area (Å²) in [6, 6.07) is 5.42. The smallest absolute Gasteiger partial charge is 0.170 e. The molecular formula is C14H14BrNO2. The van der Waals surface area contributed by atoms with Crippen molar-refractivity contribution >= 4 is 32.6 Å². The van der Waals surface area contributed by atoms with Gasteiger partial charge in [-0.25, -0.2) is 0 Å². The molecule has 18 heavy (non-hydrogen) atoms. The van der Waals surface area contributed by atoms with Gasteiger partial charge in [-0.05, 0) is 24.6 Å². The van der Waals surface area contributed by atoms with Crippen LogP contribution in [0, 0.1) is 5.92 Å². The first-order valence-corrected chi connectivity index (χ1v) is 6.65. The van der Waals surface area contributed by atoms with E-state index in [0.717, 1.165) is 10.9 Å². The Hall–Kier alpha value is -1.42. The molecule has 0 amide bonds. The van der Waals surface area contributed by atoms with Gasteiger partial charge in [-0.1, -0.05) is 29.8 Å². The summed E-state index contributed by atoms with van der Waals surface area (Å²) in [5, 5.41) is 10.8. The van der Waals surface area contributed by atoms with Crippen LogP contribution in [-0.4, -0.2) is 15.9 Å². The molecule has 1 aromatic carbocycles. The van der Waals surface area contributed by atoms with Crippen LogP contribution in [0.1, 0.15) is 30.6 Å². The summed E-state index contributed by atoms with van der Waals surface area (Å²) in [7, 11) is 0. The molecule has 0 radical (unpaired) electrons. The fourth-order valence-corrected chi connectivity index (χ4v) is 2.14. The van der Waals surface area contributed by atoms with Crippen molar-refractivity contribution in [3.8, 4) is 5.75 Å². The number of pyridine rings is 1. The summed E-state index contributed by atoms with van der Waals surface area (Å²) in [6.07, 6.45) is 2.20. The topological polar surface area (TPSA) is 50.2 Å². The standard InChI is InChI=1S/C14H14BrNO2/c1-3-8(2)13(17)11-7-16-12-5-4-9(15)6-10(12)14(11)18/h4-8H,3H2,1-2H3,(H,16,18). The average molecular weight is 308 g/mol. The zero-order valence-electron chi connectivity index (χ0n) is 10.3. The van der Waals surface area contributed by atoms with Gasteiger partial charge in [-0.2, -0.15) is 0 Å². The van der Waals surface area contributed by atoms with Crippen LogP contribution < -0.4 is 0 Å². The molecule has 1 N–H and O–H groups in total. The Bertz CT molecular complexity index is 610. The lowest BCUT2D eigenvalue weighted by molar-refractivity contribution is 0.0924. The Morgan fingerprint density at radius 1 is 1.50 bits per heavy atom. The highest BCUT2D eigenvalue weighted by atomic mass is 79.9. The van der Waals surface area contributed by atoms with Crippen molar-refractivity contribution in [3.05, 3.63) is 34.4 Å². The third-order valence-corrected chi connectivity index (χ3v) is 3.62. The van der Waals surface area contributed by atoms with Crippen LogP contribution >= 0.6 is 15.9 Å². The minimum Gasteiger partial charge on any atom is -0.506 e. The molecule has 2 rings (SSSR count). The first-order valence-electron chi connectivity index (χ1n) is 5.86. The van der Waals surface area contributed by atoms with Crippen LogP contribution in [0.4, 0.5) is 0 Å². The summed E-state index contributed by atoms with van der Waals surface area (Å²) >= 11 is 3.35. The van der Waals surface area contributed by atoms with Gasteiger partial charge in [0.25, 0.3) is 0 Å². The average Bonchev–Trinajstić information content (AvgIpc) is 2.38. The molecule has 94 valence electrons. The summed E-state index contributed by atoms with van der Waals surface area (Å²) in [6.45, 7) is 3.80. The minimum atomic E-state index is -0.109. The zero-order chi connectivity index (χ0) is 13.3. The van der Waals surface area contributed by atoms with E-state index in [0.29, 0.717) is 16.5 Å². The van der Waals surface area contributed by atoms with Crippen molar-refractivity contribution < 1.29 is 9.90 Å². The van der Waals surface area contributed by atoms with Crippen LogP contribution in [0.3, 0.4) is 0 Å². The number of fused-ring (bicyclic) bond motifs is 1. The maximum absolute atomic E-state index is 12.1. The lowest BCUT2D eigenvalue weighted by atomic mass is 9.96. The predicted molar refractivity (Wildman–Crippen MR) is 74.9 cm³/mol. The second-order valence-electron chi connectivity index (χ2n) is 4.36. The van der Waals surface area contributed by atoms with Gasteiger partial charge in [0.15, 0.2) is 5.78 Å². The molecule has 0 saturated carbocycles. The number of aromatic nitrogens is 1. The number of hydrogen-bond donors (Lipinski definition) is 1. The third-order valence-electron chi connectivity index (χ3n) is 3.13. The maximum Gasteiger partial charge on any atom is 0.170 e. The Morgan fingerprint density at radius 3 is 2.89 bits per heavy atom. The maximum atomic E-state index is 12.1. The monoisotopic (exact) mass is 307 g/mol. The molecule has 0 saturated heterocycles. The quantitative estimate of drug-likeness (QED) is 0.874.